The van der Waals surface area contributed by atoms with Crippen LogP contribution in [0, 0.1) is 0 Å². The van der Waals surface area contributed by atoms with Gasteiger partial charge in [-0.15, -0.1) is 0 Å². The molecule has 1 aromatic carbocycles. The van der Waals surface area contributed by atoms with E-state index in [1.54, 1.807) is 16.9 Å². The van der Waals surface area contributed by atoms with E-state index in [4.69, 9.17) is 0 Å². The summed E-state index contributed by atoms with van der Waals surface area (Å²) in [7, 11) is 0. The standard InChI is InChI=1S/C22H17BrN4O/c23-19-3-4-20-12-21(25-27(20)14-19)22(28)26-10-7-15-1-2-17(11-18(15)13-26)16-5-8-24-9-6-16/h1-6,8-9,11-12,14H,7,10,13H2. The van der Waals surface area contributed by atoms with Crippen molar-refractivity contribution in [2.75, 3.05) is 6.54 Å². The van der Waals surface area contributed by atoms with Crippen molar-refractivity contribution in [3.63, 3.8) is 0 Å². The number of aromatic nitrogens is 3. The van der Waals surface area contributed by atoms with Crippen molar-refractivity contribution < 1.29 is 4.79 Å². The van der Waals surface area contributed by atoms with E-state index >= 15 is 0 Å². The van der Waals surface area contributed by atoms with Gasteiger partial charge in [-0.1, -0.05) is 12.1 Å². The van der Waals surface area contributed by atoms with E-state index in [-0.39, 0.29) is 5.91 Å². The summed E-state index contributed by atoms with van der Waals surface area (Å²) in [5, 5.41) is 4.46. The Labute approximate surface area is 170 Å². The molecule has 138 valence electrons. The predicted molar refractivity (Wildman–Crippen MR) is 111 cm³/mol. The zero-order chi connectivity index (χ0) is 19.1. The summed E-state index contributed by atoms with van der Waals surface area (Å²) >= 11 is 3.44. The molecule has 4 aromatic rings. The molecule has 1 aliphatic heterocycles. The van der Waals surface area contributed by atoms with E-state index in [1.165, 1.54) is 11.1 Å². The number of halogens is 1. The fourth-order valence-electron chi connectivity index (χ4n) is 3.68. The van der Waals surface area contributed by atoms with Gasteiger partial charge in [-0.05, 0) is 81.0 Å². The number of carbonyl (C=O) groups is 1. The van der Waals surface area contributed by atoms with Crippen LogP contribution in [-0.4, -0.2) is 31.9 Å². The second kappa shape index (κ2) is 6.87. The van der Waals surface area contributed by atoms with Crippen LogP contribution in [0.3, 0.4) is 0 Å². The monoisotopic (exact) mass is 432 g/mol. The van der Waals surface area contributed by atoms with Crippen LogP contribution in [0.4, 0.5) is 0 Å². The van der Waals surface area contributed by atoms with Gasteiger partial charge >= 0.3 is 0 Å². The molecule has 6 heteroatoms. The first-order valence-electron chi connectivity index (χ1n) is 9.14. The molecule has 4 heterocycles. The Balaban J connectivity index is 1.43. The molecule has 0 spiro atoms. The van der Waals surface area contributed by atoms with Crippen molar-refractivity contribution in [3.05, 3.63) is 88.4 Å². The number of hydrogen-bond acceptors (Lipinski definition) is 3. The summed E-state index contributed by atoms with van der Waals surface area (Å²) in [4.78, 5) is 19.0. The molecule has 1 amide bonds. The van der Waals surface area contributed by atoms with Crippen molar-refractivity contribution in [1.82, 2.24) is 19.5 Å². The van der Waals surface area contributed by atoms with Gasteiger partial charge in [0, 0.05) is 36.2 Å². The van der Waals surface area contributed by atoms with Crippen LogP contribution in [-0.2, 0) is 13.0 Å². The molecule has 0 radical (unpaired) electrons. The average molecular weight is 433 g/mol. The number of pyridine rings is 2. The highest BCUT2D eigenvalue weighted by molar-refractivity contribution is 9.10. The Morgan fingerprint density at radius 2 is 1.82 bits per heavy atom. The molecule has 0 unspecified atom stereocenters. The largest absolute Gasteiger partial charge is 0.333 e. The lowest BCUT2D eigenvalue weighted by atomic mass is 9.95. The van der Waals surface area contributed by atoms with Gasteiger partial charge < -0.3 is 4.90 Å². The molecular weight excluding hydrogens is 416 g/mol. The number of nitrogens with zero attached hydrogens (tertiary/aromatic N) is 4. The van der Waals surface area contributed by atoms with E-state index in [9.17, 15) is 4.79 Å². The van der Waals surface area contributed by atoms with Crippen LogP contribution in [0.2, 0.25) is 0 Å². The Kier molecular flexibility index (Phi) is 4.20. The van der Waals surface area contributed by atoms with Gasteiger partial charge in [-0.2, -0.15) is 5.10 Å². The third-order valence-electron chi connectivity index (χ3n) is 5.16. The van der Waals surface area contributed by atoms with Crippen LogP contribution < -0.4 is 0 Å². The van der Waals surface area contributed by atoms with Crippen molar-refractivity contribution >= 4 is 27.4 Å². The first kappa shape index (κ1) is 17.1. The van der Waals surface area contributed by atoms with E-state index in [2.05, 4.69) is 44.2 Å². The molecule has 0 fully saturated rings. The molecule has 5 rings (SSSR count). The quantitative estimate of drug-likeness (QED) is 0.472. The molecule has 0 aliphatic carbocycles. The van der Waals surface area contributed by atoms with Gasteiger partial charge in [0.2, 0.25) is 0 Å². The number of hydrogen-bond donors (Lipinski definition) is 0. The lowest BCUT2D eigenvalue weighted by Gasteiger charge is -2.28. The molecule has 0 atom stereocenters. The lowest BCUT2D eigenvalue weighted by molar-refractivity contribution is 0.0728. The molecule has 0 saturated carbocycles. The summed E-state index contributed by atoms with van der Waals surface area (Å²) in [6.07, 6.45) is 6.31. The zero-order valence-corrected chi connectivity index (χ0v) is 16.6. The zero-order valence-electron chi connectivity index (χ0n) is 15.0. The normalized spacial score (nSPS) is 13.5. The van der Waals surface area contributed by atoms with Crippen molar-refractivity contribution in [2.45, 2.75) is 13.0 Å². The second-order valence-electron chi connectivity index (χ2n) is 6.94. The number of fused-ring (bicyclic) bond motifs is 2. The predicted octanol–water partition coefficient (Wildman–Crippen LogP) is 4.36. The lowest BCUT2D eigenvalue weighted by Crippen LogP contribution is -2.36. The fraction of sp³-hybridized carbons (Fsp3) is 0.136. The summed E-state index contributed by atoms with van der Waals surface area (Å²) < 4.78 is 2.66. The van der Waals surface area contributed by atoms with Crippen LogP contribution in [0.5, 0.6) is 0 Å². The first-order valence-corrected chi connectivity index (χ1v) is 9.93. The molecule has 28 heavy (non-hydrogen) atoms. The Morgan fingerprint density at radius 3 is 2.68 bits per heavy atom. The van der Waals surface area contributed by atoms with E-state index in [0.29, 0.717) is 18.8 Å². The maximum atomic E-state index is 13.0. The summed E-state index contributed by atoms with van der Waals surface area (Å²) in [5.74, 6) is -0.0280. The fourth-order valence-corrected chi connectivity index (χ4v) is 4.01. The summed E-state index contributed by atoms with van der Waals surface area (Å²) in [5.41, 5.74) is 6.16. The van der Waals surface area contributed by atoms with Crippen LogP contribution >= 0.6 is 15.9 Å². The summed E-state index contributed by atoms with van der Waals surface area (Å²) in [6.45, 7) is 1.31. The Morgan fingerprint density at radius 1 is 0.964 bits per heavy atom. The van der Waals surface area contributed by atoms with Gasteiger partial charge in [0.1, 0.15) is 0 Å². The SMILES string of the molecule is O=C(c1cc2ccc(Br)cn2n1)N1CCc2ccc(-c3ccncc3)cc2C1. The highest BCUT2D eigenvalue weighted by Gasteiger charge is 2.24. The molecule has 5 nitrogen and oxygen atoms in total. The molecular formula is C22H17BrN4O. The van der Waals surface area contributed by atoms with Crippen molar-refractivity contribution in [2.24, 2.45) is 0 Å². The maximum Gasteiger partial charge on any atom is 0.274 e. The van der Waals surface area contributed by atoms with Crippen LogP contribution in [0.1, 0.15) is 21.6 Å². The van der Waals surface area contributed by atoms with Crippen LogP contribution in [0.25, 0.3) is 16.6 Å². The molecule has 1 aliphatic rings. The van der Waals surface area contributed by atoms with E-state index in [0.717, 1.165) is 27.5 Å². The molecule has 3 aromatic heterocycles. The highest BCUT2D eigenvalue weighted by Crippen LogP contribution is 2.27. The Bertz CT molecular complexity index is 1190. The minimum Gasteiger partial charge on any atom is -0.333 e. The van der Waals surface area contributed by atoms with Gasteiger partial charge in [-0.25, -0.2) is 4.52 Å². The minimum atomic E-state index is -0.0280. The van der Waals surface area contributed by atoms with Gasteiger partial charge in [0.05, 0.1) is 5.52 Å². The average Bonchev–Trinajstić information content (AvgIpc) is 3.16. The maximum absolute atomic E-state index is 13.0. The smallest absolute Gasteiger partial charge is 0.274 e. The third-order valence-corrected chi connectivity index (χ3v) is 5.63. The molecule has 0 saturated heterocycles. The number of benzene rings is 1. The second-order valence-corrected chi connectivity index (χ2v) is 7.86. The number of rotatable bonds is 2. The molecule has 0 bridgehead atoms. The van der Waals surface area contributed by atoms with Gasteiger partial charge in [-0.3, -0.25) is 9.78 Å². The highest BCUT2D eigenvalue weighted by atomic mass is 79.9. The first-order chi connectivity index (χ1) is 13.7. The van der Waals surface area contributed by atoms with Crippen LogP contribution in [0.15, 0.2) is 71.6 Å². The minimum absolute atomic E-state index is 0.0280. The third kappa shape index (κ3) is 3.10. The van der Waals surface area contributed by atoms with E-state index < -0.39 is 0 Å². The Hall–Kier alpha value is -2.99. The van der Waals surface area contributed by atoms with Crippen molar-refractivity contribution in [1.29, 1.82) is 0 Å². The summed E-state index contributed by atoms with van der Waals surface area (Å²) in [6, 6.07) is 16.2. The van der Waals surface area contributed by atoms with Gasteiger partial charge in [0.15, 0.2) is 5.69 Å². The number of amides is 1. The molecule has 0 N–H and O–H groups in total. The van der Waals surface area contributed by atoms with Gasteiger partial charge in [0.25, 0.3) is 5.91 Å². The van der Waals surface area contributed by atoms with E-state index in [1.807, 2.05) is 41.4 Å². The number of carbonyl (C=O) groups excluding carboxylic acids is 1. The topological polar surface area (TPSA) is 50.5 Å². The van der Waals surface area contributed by atoms with Crippen molar-refractivity contribution in [3.8, 4) is 11.1 Å².